The predicted octanol–water partition coefficient (Wildman–Crippen LogP) is 2.40. The summed E-state index contributed by atoms with van der Waals surface area (Å²) >= 11 is 0. The van der Waals surface area contributed by atoms with Crippen molar-refractivity contribution in [1.82, 2.24) is 24.2 Å². The second-order valence-corrected chi connectivity index (χ2v) is 8.67. The Morgan fingerprint density at radius 3 is 2.68 bits per heavy atom. The van der Waals surface area contributed by atoms with Crippen LogP contribution in [-0.2, 0) is 29.6 Å². The normalized spacial score (nSPS) is 13.8. The van der Waals surface area contributed by atoms with Gasteiger partial charge in [0, 0.05) is 44.1 Å². The maximum Gasteiger partial charge on any atom is 0.275 e. The molecular weight excluding hydrogens is 432 g/mol. The average Bonchev–Trinajstić information content (AvgIpc) is 3.37. The topological polar surface area (TPSA) is 102 Å². The van der Waals surface area contributed by atoms with Gasteiger partial charge in [-0.2, -0.15) is 5.10 Å². The van der Waals surface area contributed by atoms with E-state index in [-0.39, 0.29) is 23.9 Å². The Morgan fingerprint density at radius 1 is 1.12 bits per heavy atom. The van der Waals surface area contributed by atoms with Crippen molar-refractivity contribution in [2.45, 2.75) is 32.7 Å². The van der Waals surface area contributed by atoms with E-state index in [1.54, 1.807) is 12.1 Å². The van der Waals surface area contributed by atoms with Crippen LogP contribution in [0, 0.1) is 6.92 Å². The van der Waals surface area contributed by atoms with E-state index in [1.165, 1.54) is 4.68 Å². The molecule has 1 aliphatic rings. The molecule has 0 aliphatic carbocycles. The number of carbonyl (C=O) groups excluding carboxylic acids is 2. The summed E-state index contributed by atoms with van der Waals surface area (Å²) in [6.07, 6.45) is 2.23. The number of hydrogen-bond donors (Lipinski definition) is 1. The molecule has 1 N–H and O–H groups in total. The van der Waals surface area contributed by atoms with Crippen molar-refractivity contribution in [2.24, 2.45) is 7.05 Å². The standard InChI is InChI=1S/C25H26N6O3/c1-16-18-6-3-4-7-19(18)25(34)31(28-16)15-23(32)26-17-9-10-21-20(14-17)27-22(29(21)2)11-13-30-12-5-8-24(30)33/h3-4,6-7,9-10,14H,5,8,11-13,15H2,1-2H3,(H,26,32). The number of nitrogens with one attached hydrogen (secondary N) is 1. The molecule has 0 saturated carbocycles. The maximum atomic E-state index is 12.7. The molecule has 0 unspecified atom stereocenters. The molecule has 1 fully saturated rings. The van der Waals surface area contributed by atoms with Gasteiger partial charge in [0.25, 0.3) is 5.56 Å². The van der Waals surface area contributed by atoms with E-state index in [0.717, 1.165) is 35.2 Å². The van der Waals surface area contributed by atoms with Gasteiger partial charge in [-0.25, -0.2) is 9.67 Å². The number of aromatic nitrogens is 4. The first-order chi connectivity index (χ1) is 16.4. The number of hydrogen-bond acceptors (Lipinski definition) is 5. The van der Waals surface area contributed by atoms with Crippen LogP contribution in [0.3, 0.4) is 0 Å². The minimum atomic E-state index is -0.340. The first-order valence-electron chi connectivity index (χ1n) is 11.4. The maximum absolute atomic E-state index is 12.7. The van der Waals surface area contributed by atoms with Gasteiger partial charge >= 0.3 is 0 Å². The van der Waals surface area contributed by atoms with Gasteiger partial charge in [0.15, 0.2) is 0 Å². The molecule has 3 heterocycles. The number of rotatable bonds is 6. The molecule has 9 heteroatoms. The van der Waals surface area contributed by atoms with Gasteiger partial charge in [-0.1, -0.05) is 18.2 Å². The van der Waals surface area contributed by atoms with Gasteiger partial charge in [0.2, 0.25) is 11.8 Å². The van der Waals surface area contributed by atoms with Crippen LogP contribution in [0.2, 0.25) is 0 Å². The summed E-state index contributed by atoms with van der Waals surface area (Å²) in [5, 5.41) is 8.48. The van der Waals surface area contributed by atoms with Crippen LogP contribution in [0.5, 0.6) is 0 Å². The number of fused-ring (bicyclic) bond motifs is 2. The summed E-state index contributed by atoms with van der Waals surface area (Å²) in [5.41, 5.74) is 2.71. The Kier molecular flexibility index (Phi) is 5.61. The first kappa shape index (κ1) is 21.8. The van der Waals surface area contributed by atoms with Crippen molar-refractivity contribution in [1.29, 1.82) is 0 Å². The minimum absolute atomic E-state index is 0.181. The van der Waals surface area contributed by atoms with E-state index in [9.17, 15) is 14.4 Å². The first-order valence-corrected chi connectivity index (χ1v) is 11.4. The summed E-state index contributed by atoms with van der Waals surface area (Å²) in [5.74, 6) is 0.756. The highest BCUT2D eigenvalue weighted by molar-refractivity contribution is 5.93. The molecular formula is C25H26N6O3. The number of imidazole rings is 1. The van der Waals surface area contributed by atoms with E-state index in [4.69, 9.17) is 4.98 Å². The Morgan fingerprint density at radius 2 is 1.91 bits per heavy atom. The molecule has 5 rings (SSSR count). The lowest BCUT2D eigenvalue weighted by molar-refractivity contribution is -0.127. The van der Waals surface area contributed by atoms with Crippen molar-refractivity contribution < 1.29 is 9.59 Å². The third-order valence-corrected chi connectivity index (χ3v) is 6.38. The molecule has 34 heavy (non-hydrogen) atoms. The lowest BCUT2D eigenvalue weighted by Gasteiger charge is -2.14. The van der Waals surface area contributed by atoms with Crippen LogP contribution in [-0.4, -0.2) is 49.1 Å². The third kappa shape index (κ3) is 4.05. The number of carbonyl (C=O) groups is 2. The summed E-state index contributed by atoms with van der Waals surface area (Å²) in [7, 11) is 1.95. The van der Waals surface area contributed by atoms with Gasteiger partial charge in [-0.05, 0) is 37.6 Å². The van der Waals surface area contributed by atoms with Gasteiger partial charge in [-0.15, -0.1) is 0 Å². The fourth-order valence-electron chi connectivity index (χ4n) is 4.57. The van der Waals surface area contributed by atoms with Crippen LogP contribution in [0.1, 0.15) is 24.4 Å². The molecule has 2 aromatic carbocycles. The Bertz CT molecular complexity index is 1490. The molecule has 2 aromatic heterocycles. The summed E-state index contributed by atoms with van der Waals surface area (Å²) in [6.45, 7) is 3.11. The molecule has 0 spiro atoms. The highest BCUT2D eigenvalue weighted by Crippen LogP contribution is 2.21. The molecule has 1 aliphatic heterocycles. The Labute approximate surface area is 196 Å². The largest absolute Gasteiger partial charge is 0.342 e. The van der Waals surface area contributed by atoms with Gasteiger partial charge in [-0.3, -0.25) is 14.4 Å². The number of aryl methyl sites for hydroxylation is 2. The van der Waals surface area contributed by atoms with Gasteiger partial charge in [0.1, 0.15) is 12.4 Å². The van der Waals surface area contributed by atoms with Gasteiger partial charge in [0.05, 0.1) is 22.1 Å². The molecule has 1 saturated heterocycles. The zero-order chi connectivity index (χ0) is 23.8. The fraction of sp³-hybridized carbons (Fsp3) is 0.320. The van der Waals surface area contributed by atoms with Crippen LogP contribution in [0.15, 0.2) is 47.3 Å². The SMILES string of the molecule is Cc1nn(CC(=O)Nc2ccc3c(c2)nc(CCN2CCCC2=O)n3C)c(=O)c2ccccc12. The smallest absolute Gasteiger partial charge is 0.275 e. The minimum Gasteiger partial charge on any atom is -0.342 e. The highest BCUT2D eigenvalue weighted by Gasteiger charge is 2.20. The number of likely N-dealkylation sites (tertiary alicyclic amines) is 1. The number of nitrogens with zero attached hydrogens (tertiary/aromatic N) is 5. The lowest BCUT2D eigenvalue weighted by Crippen LogP contribution is -2.30. The van der Waals surface area contributed by atoms with Crippen molar-refractivity contribution in [2.75, 3.05) is 18.4 Å². The zero-order valence-electron chi connectivity index (χ0n) is 19.2. The molecule has 0 atom stereocenters. The number of anilines is 1. The zero-order valence-corrected chi connectivity index (χ0v) is 19.2. The van der Waals surface area contributed by atoms with Crippen LogP contribution in [0.25, 0.3) is 21.8 Å². The Hall–Kier alpha value is -4.01. The second-order valence-electron chi connectivity index (χ2n) is 8.67. The second kappa shape index (κ2) is 8.74. The van der Waals surface area contributed by atoms with Crippen molar-refractivity contribution in [3.8, 4) is 0 Å². The van der Waals surface area contributed by atoms with E-state index < -0.39 is 0 Å². The molecule has 0 radical (unpaired) electrons. The van der Waals surface area contributed by atoms with E-state index in [2.05, 4.69) is 10.4 Å². The number of benzene rings is 2. The van der Waals surface area contributed by atoms with Crippen LogP contribution < -0.4 is 10.9 Å². The van der Waals surface area contributed by atoms with Crippen LogP contribution >= 0.6 is 0 Å². The summed E-state index contributed by atoms with van der Waals surface area (Å²) in [6, 6.07) is 12.8. The van der Waals surface area contributed by atoms with Gasteiger partial charge < -0.3 is 14.8 Å². The molecule has 4 aromatic rings. The van der Waals surface area contributed by atoms with E-state index in [0.29, 0.717) is 36.2 Å². The van der Waals surface area contributed by atoms with Crippen molar-refractivity contribution >= 4 is 39.3 Å². The molecule has 9 nitrogen and oxygen atoms in total. The van der Waals surface area contributed by atoms with Crippen LogP contribution in [0.4, 0.5) is 5.69 Å². The third-order valence-electron chi connectivity index (χ3n) is 6.38. The fourth-order valence-corrected chi connectivity index (χ4v) is 4.57. The monoisotopic (exact) mass is 458 g/mol. The quantitative estimate of drug-likeness (QED) is 0.478. The highest BCUT2D eigenvalue weighted by atomic mass is 16.2. The molecule has 174 valence electrons. The predicted molar refractivity (Wildman–Crippen MR) is 130 cm³/mol. The summed E-state index contributed by atoms with van der Waals surface area (Å²) in [4.78, 5) is 43.9. The van der Waals surface area contributed by atoms with E-state index >= 15 is 0 Å². The summed E-state index contributed by atoms with van der Waals surface area (Å²) < 4.78 is 3.22. The van der Waals surface area contributed by atoms with Crippen molar-refractivity contribution in [3.63, 3.8) is 0 Å². The van der Waals surface area contributed by atoms with E-state index in [1.807, 2.05) is 53.8 Å². The Balaban J connectivity index is 1.31. The number of amides is 2. The molecule has 0 bridgehead atoms. The lowest BCUT2D eigenvalue weighted by atomic mass is 10.1. The van der Waals surface area contributed by atoms with Crippen molar-refractivity contribution in [3.05, 3.63) is 64.3 Å². The average molecular weight is 459 g/mol. The molecule has 2 amide bonds.